The smallest absolute Gasteiger partial charge is 0.269 e. The van der Waals surface area contributed by atoms with Crippen molar-refractivity contribution in [3.8, 4) is 11.3 Å². The molecule has 0 saturated carbocycles. The molecule has 0 aliphatic rings. The van der Waals surface area contributed by atoms with Gasteiger partial charge in [-0.2, -0.15) is 5.10 Å². The summed E-state index contributed by atoms with van der Waals surface area (Å²) in [6, 6.07) is 11.1. The third kappa shape index (κ3) is 4.16. The van der Waals surface area contributed by atoms with Crippen molar-refractivity contribution in [1.82, 2.24) is 15.5 Å². The lowest BCUT2D eigenvalue weighted by molar-refractivity contribution is 0.0951. The zero-order valence-corrected chi connectivity index (χ0v) is 12.5. The van der Waals surface area contributed by atoms with Crippen LogP contribution in [-0.2, 0) is 9.84 Å². The van der Waals surface area contributed by atoms with Gasteiger partial charge in [0.25, 0.3) is 5.91 Å². The number of carbonyl (C=O) groups is 1. The molecule has 0 bridgehead atoms. The number of hydrogen-bond donors (Lipinski definition) is 2. The van der Waals surface area contributed by atoms with Crippen LogP contribution in [0.3, 0.4) is 0 Å². The SMILES string of the molecule is CCS(=O)(=O)CCNC(=O)c1cc(-c2ccccc2)n[nH]1. The summed E-state index contributed by atoms with van der Waals surface area (Å²) in [6.45, 7) is 1.67. The highest BCUT2D eigenvalue weighted by molar-refractivity contribution is 7.91. The Morgan fingerprint density at radius 1 is 1.29 bits per heavy atom. The molecule has 21 heavy (non-hydrogen) atoms. The van der Waals surface area contributed by atoms with Gasteiger partial charge in [0.1, 0.15) is 5.69 Å². The van der Waals surface area contributed by atoms with Gasteiger partial charge in [0, 0.05) is 17.9 Å². The molecule has 1 aromatic carbocycles. The summed E-state index contributed by atoms with van der Waals surface area (Å²) in [6.07, 6.45) is 0. The molecule has 0 saturated heterocycles. The summed E-state index contributed by atoms with van der Waals surface area (Å²) in [5, 5.41) is 9.30. The molecule has 0 fully saturated rings. The van der Waals surface area contributed by atoms with Crippen molar-refractivity contribution < 1.29 is 13.2 Å². The second-order valence-electron chi connectivity index (χ2n) is 4.53. The van der Waals surface area contributed by atoms with E-state index in [9.17, 15) is 13.2 Å². The van der Waals surface area contributed by atoms with Crippen molar-refractivity contribution in [1.29, 1.82) is 0 Å². The molecule has 112 valence electrons. The van der Waals surface area contributed by atoms with Crippen molar-refractivity contribution in [2.45, 2.75) is 6.92 Å². The van der Waals surface area contributed by atoms with Crippen LogP contribution < -0.4 is 5.32 Å². The number of benzene rings is 1. The topological polar surface area (TPSA) is 91.9 Å². The first kappa shape index (κ1) is 15.2. The third-order valence-electron chi connectivity index (χ3n) is 3.03. The zero-order valence-electron chi connectivity index (χ0n) is 11.7. The number of aromatic nitrogens is 2. The molecule has 2 rings (SSSR count). The van der Waals surface area contributed by atoms with Crippen LogP contribution in [-0.4, -0.2) is 42.6 Å². The van der Waals surface area contributed by atoms with E-state index in [4.69, 9.17) is 0 Å². The molecule has 6 nitrogen and oxygen atoms in total. The monoisotopic (exact) mass is 307 g/mol. The Bertz CT molecular complexity index is 708. The van der Waals surface area contributed by atoms with Crippen LogP contribution >= 0.6 is 0 Å². The van der Waals surface area contributed by atoms with Crippen LogP contribution in [0.4, 0.5) is 0 Å². The maximum atomic E-state index is 11.9. The Hall–Kier alpha value is -2.15. The first-order valence-corrected chi connectivity index (χ1v) is 8.43. The Labute approximate surface area is 123 Å². The van der Waals surface area contributed by atoms with Gasteiger partial charge in [0.05, 0.1) is 11.4 Å². The molecule has 0 radical (unpaired) electrons. The Kier molecular flexibility index (Phi) is 4.74. The molecule has 1 aromatic heterocycles. The van der Waals surface area contributed by atoms with Crippen LogP contribution in [0.5, 0.6) is 0 Å². The van der Waals surface area contributed by atoms with Gasteiger partial charge < -0.3 is 5.32 Å². The van der Waals surface area contributed by atoms with E-state index in [2.05, 4.69) is 15.5 Å². The highest BCUT2D eigenvalue weighted by Gasteiger charge is 2.12. The number of aromatic amines is 1. The minimum Gasteiger partial charge on any atom is -0.350 e. The molecular weight excluding hydrogens is 290 g/mol. The zero-order chi connectivity index (χ0) is 15.3. The van der Waals surface area contributed by atoms with Crippen LogP contribution in [0.2, 0.25) is 0 Å². The van der Waals surface area contributed by atoms with Crippen molar-refractivity contribution in [2.24, 2.45) is 0 Å². The largest absolute Gasteiger partial charge is 0.350 e. The molecule has 1 amide bonds. The van der Waals surface area contributed by atoms with Gasteiger partial charge >= 0.3 is 0 Å². The van der Waals surface area contributed by atoms with Crippen LogP contribution in [0.15, 0.2) is 36.4 Å². The highest BCUT2D eigenvalue weighted by atomic mass is 32.2. The van der Waals surface area contributed by atoms with Gasteiger partial charge in [0.15, 0.2) is 9.84 Å². The fourth-order valence-corrected chi connectivity index (χ4v) is 2.46. The lowest BCUT2D eigenvalue weighted by atomic mass is 10.1. The van der Waals surface area contributed by atoms with Crippen molar-refractivity contribution in [3.05, 3.63) is 42.1 Å². The van der Waals surface area contributed by atoms with E-state index in [0.29, 0.717) is 11.4 Å². The Morgan fingerprint density at radius 2 is 2.00 bits per heavy atom. The summed E-state index contributed by atoms with van der Waals surface area (Å²) in [5.74, 6) is -0.351. The number of nitrogens with zero attached hydrogens (tertiary/aromatic N) is 1. The first-order valence-electron chi connectivity index (χ1n) is 6.61. The molecular formula is C14H17N3O3S. The molecule has 0 unspecified atom stereocenters. The molecule has 2 N–H and O–H groups in total. The Balaban J connectivity index is 1.97. The number of nitrogens with one attached hydrogen (secondary N) is 2. The van der Waals surface area contributed by atoms with Crippen molar-refractivity contribution >= 4 is 15.7 Å². The average molecular weight is 307 g/mol. The predicted octanol–water partition coefficient (Wildman–Crippen LogP) is 1.24. The van der Waals surface area contributed by atoms with Crippen LogP contribution in [0.25, 0.3) is 11.3 Å². The van der Waals surface area contributed by atoms with E-state index in [0.717, 1.165) is 5.56 Å². The van der Waals surface area contributed by atoms with Gasteiger partial charge in [-0.3, -0.25) is 9.89 Å². The van der Waals surface area contributed by atoms with Gasteiger partial charge in [-0.05, 0) is 6.07 Å². The fraction of sp³-hybridized carbons (Fsp3) is 0.286. The maximum Gasteiger partial charge on any atom is 0.269 e. The minimum absolute atomic E-state index is 0.0606. The summed E-state index contributed by atoms with van der Waals surface area (Å²) in [7, 11) is -3.08. The van der Waals surface area contributed by atoms with Crippen molar-refractivity contribution in [2.75, 3.05) is 18.1 Å². The number of H-pyrrole nitrogens is 1. The van der Waals surface area contributed by atoms with Crippen LogP contribution in [0.1, 0.15) is 17.4 Å². The van der Waals surface area contributed by atoms with Gasteiger partial charge in [-0.1, -0.05) is 37.3 Å². The molecule has 2 aromatic rings. The number of hydrogen-bond acceptors (Lipinski definition) is 4. The van der Waals surface area contributed by atoms with E-state index in [1.54, 1.807) is 13.0 Å². The van der Waals surface area contributed by atoms with E-state index in [1.165, 1.54) is 0 Å². The fourth-order valence-electron chi connectivity index (χ4n) is 1.75. The average Bonchev–Trinajstić information content (AvgIpc) is 2.98. The summed E-state index contributed by atoms with van der Waals surface area (Å²) >= 11 is 0. The highest BCUT2D eigenvalue weighted by Crippen LogP contribution is 2.16. The molecule has 0 aliphatic carbocycles. The summed E-state index contributed by atoms with van der Waals surface area (Å²) in [5.41, 5.74) is 1.88. The number of carbonyl (C=O) groups excluding carboxylic acids is 1. The molecule has 0 spiro atoms. The molecule has 1 heterocycles. The van der Waals surface area contributed by atoms with Gasteiger partial charge in [0.2, 0.25) is 0 Å². The second-order valence-corrected chi connectivity index (χ2v) is 7.00. The van der Waals surface area contributed by atoms with E-state index < -0.39 is 9.84 Å². The Morgan fingerprint density at radius 3 is 2.67 bits per heavy atom. The number of rotatable bonds is 6. The molecule has 0 atom stereocenters. The second kappa shape index (κ2) is 6.53. The van der Waals surface area contributed by atoms with Crippen molar-refractivity contribution in [3.63, 3.8) is 0 Å². The third-order valence-corrected chi connectivity index (χ3v) is 4.74. The van der Waals surface area contributed by atoms with E-state index in [-0.39, 0.29) is 24.0 Å². The van der Waals surface area contributed by atoms with E-state index in [1.807, 2.05) is 30.3 Å². The van der Waals surface area contributed by atoms with Gasteiger partial charge in [-0.25, -0.2) is 8.42 Å². The molecule has 0 aliphatic heterocycles. The quantitative estimate of drug-likeness (QED) is 0.840. The van der Waals surface area contributed by atoms with Gasteiger partial charge in [-0.15, -0.1) is 0 Å². The minimum atomic E-state index is -3.08. The predicted molar refractivity (Wildman–Crippen MR) is 80.7 cm³/mol. The van der Waals surface area contributed by atoms with Crippen LogP contribution in [0, 0.1) is 0 Å². The number of sulfone groups is 1. The summed E-state index contributed by atoms with van der Waals surface area (Å²) < 4.78 is 22.7. The normalized spacial score (nSPS) is 11.3. The van der Waals surface area contributed by atoms with E-state index >= 15 is 0 Å². The molecule has 7 heteroatoms. The maximum absolute atomic E-state index is 11.9. The standard InChI is InChI=1S/C14H17N3O3S/c1-2-21(19,20)9-8-15-14(18)13-10-12(16-17-13)11-6-4-3-5-7-11/h3-7,10H,2,8-9H2,1H3,(H,15,18)(H,16,17). The lowest BCUT2D eigenvalue weighted by Gasteiger charge is -2.03. The lowest BCUT2D eigenvalue weighted by Crippen LogP contribution is -2.29. The first-order chi connectivity index (χ1) is 10.0. The number of amides is 1. The summed E-state index contributed by atoms with van der Waals surface area (Å²) in [4.78, 5) is 11.9.